The van der Waals surface area contributed by atoms with Crippen LogP contribution in [0.4, 0.5) is 0 Å². The second-order valence-electron chi connectivity index (χ2n) is 1.75. The summed E-state index contributed by atoms with van der Waals surface area (Å²) in [4.78, 5) is 0. The third-order valence-corrected chi connectivity index (χ3v) is 6.56. The summed E-state index contributed by atoms with van der Waals surface area (Å²) in [7, 11) is 0. The Bertz CT molecular complexity index is 27.3. The number of unbranched alkanes of at least 4 members (excludes halogenated alkanes) is 2. The van der Waals surface area contributed by atoms with E-state index in [2.05, 4.69) is 26.7 Å². The molecule has 0 aromatic heterocycles. The van der Waals surface area contributed by atoms with Crippen molar-refractivity contribution in [3.05, 3.63) is 0 Å². The van der Waals surface area contributed by atoms with Gasteiger partial charge in [0.1, 0.15) is 0 Å². The van der Waals surface area contributed by atoms with Crippen molar-refractivity contribution in [3.63, 3.8) is 0 Å². The Morgan fingerprint density at radius 1 is 1.43 bits per heavy atom. The molecule has 0 N–H and O–H groups in total. The molecule has 7 heavy (non-hydrogen) atoms. The SMILES string of the molecule is CCCC[CH2][Zn][I]. The molecule has 0 aromatic rings. The van der Waals surface area contributed by atoms with Crippen LogP contribution in [0.2, 0.25) is 5.02 Å². The van der Waals surface area contributed by atoms with Crippen LogP contribution in [0.5, 0.6) is 0 Å². The maximum absolute atomic E-state index is 2.61. The summed E-state index contributed by atoms with van der Waals surface area (Å²) < 4.78 is 0. The van der Waals surface area contributed by atoms with E-state index in [1.807, 2.05) is 0 Å². The van der Waals surface area contributed by atoms with Crippen LogP contribution in [0.25, 0.3) is 0 Å². The van der Waals surface area contributed by atoms with Crippen LogP contribution >= 0.6 is 19.8 Å². The first-order valence-corrected chi connectivity index (χ1v) is 14.1. The van der Waals surface area contributed by atoms with E-state index in [1.165, 1.54) is 19.3 Å². The topological polar surface area (TPSA) is 0 Å². The minimum absolute atomic E-state index is 0.0251. The molecule has 0 radical (unpaired) electrons. The monoisotopic (exact) mass is 262 g/mol. The molecule has 0 amide bonds. The Hall–Kier alpha value is 1.35. The van der Waals surface area contributed by atoms with Crippen molar-refractivity contribution in [3.8, 4) is 0 Å². The number of hydrogen-bond acceptors (Lipinski definition) is 0. The molecule has 0 aliphatic heterocycles. The summed E-state index contributed by atoms with van der Waals surface area (Å²) in [5, 5.41) is 1.60. The van der Waals surface area contributed by atoms with Crippen LogP contribution in [0.1, 0.15) is 26.2 Å². The van der Waals surface area contributed by atoms with Gasteiger partial charge in [-0.2, -0.15) is 0 Å². The van der Waals surface area contributed by atoms with Crippen molar-refractivity contribution in [2.24, 2.45) is 0 Å². The quantitative estimate of drug-likeness (QED) is 0.415. The zero-order valence-corrected chi connectivity index (χ0v) is 10.0. The molecule has 0 heterocycles. The van der Waals surface area contributed by atoms with Crippen LogP contribution in [0, 0.1) is 0 Å². The molecule has 0 unspecified atom stereocenters. The van der Waals surface area contributed by atoms with Crippen LogP contribution < -0.4 is 0 Å². The van der Waals surface area contributed by atoms with E-state index in [0.29, 0.717) is 0 Å². The third kappa shape index (κ3) is 7.35. The van der Waals surface area contributed by atoms with E-state index in [-0.39, 0.29) is 13.6 Å². The fourth-order valence-electron chi connectivity index (χ4n) is 0.521. The van der Waals surface area contributed by atoms with E-state index in [4.69, 9.17) is 0 Å². The van der Waals surface area contributed by atoms with Crippen molar-refractivity contribution < 1.29 is 13.6 Å². The molecule has 0 fully saturated rings. The Kier molecular flexibility index (Phi) is 8.78. The molecule has 0 atom stereocenters. The Morgan fingerprint density at radius 2 is 2.14 bits per heavy atom. The van der Waals surface area contributed by atoms with Gasteiger partial charge >= 0.3 is 64.6 Å². The fraction of sp³-hybridized carbons (Fsp3) is 1.00. The summed E-state index contributed by atoms with van der Waals surface area (Å²) >= 11 is 2.64. The van der Waals surface area contributed by atoms with E-state index in [9.17, 15) is 0 Å². The molecule has 0 saturated heterocycles. The second-order valence-corrected chi connectivity index (χ2v) is 9.63. The molecule has 0 saturated carbocycles. The van der Waals surface area contributed by atoms with Gasteiger partial charge in [-0.3, -0.25) is 0 Å². The fourth-order valence-corrected chi connectivity index (χ4v) is 4.46. The molecular weight excluding hydrogens is 252 g/mol. The van der Waals surface area contributed by atoms with Gasteiger partial charge in [0.15, 0.2) is 0 Å². The zero-order valence-electron chi connectivity index (χ0n) is 4.91. The number of hydrogen-bond donors (Lipinski definition) is 0. The number of rotatable bonds is 4. The van der Waals surface area contributed by atoms with Crippen molar-refractivity contribution in [1.82, 2.24) is 0 Å². The average Bonchev–Trinajstić information content (AvgIpc) is 1.69. The summed E-state index contributed by atoms with van der Waals surface area (Å²) in [5.74, 6) is 0. The first-order valence-electron chi connectivity index (χ1n) is 2.97. The van der Waals surface area contributed by atoms with E-state index in [0.717, 1.165) is 0 Å². The molecule has 40 valence electrons. The van der Waals surface area contributed by atoms with Crippen LogP contribution in [-0.2, 0) is 13.6 Å². The Balaban J connectivity index is 2.45. The molecule has 0 aliphatic carbocycles. The zero-order chi connectivity index (χ0) is 5.54. The van der Waals surface area contributed by atoms with Gasteiger partial charge in [-0.15, -0.1) is 0 Å². The predicted octanol–water partition coefficient (Wildman–Crippen LogP) is 3.03. The van der Waals surface area contributed by atoms with E-state index >= 15 is 0 Å². The summed E-state index contributed by atoms with van der Waals surface area (Å²) in [6.45, 7) is 2.26. The van der Waals surface area contributed by atoms with Crippen molar-refractivity contribution in [1.29, 1.82) is 0 Å². The van der Waals surface area contributed by atoms with Crippen LogP contribution in [-0.4, -0.2) is 0 Å². The molecule has 0 aliphatic rings. The van der Waals surface area contributed by atoms with Crippen LogP contribution in [0.15, 0.2) is 0 Å². The molecule has 2 heteroatoms. The number of halogens is 1. The second kappa shape index (κ2) is 7.35. The Labute approximate surface area is 64.2 Å². The normalized spacial score (nSPS) is 8.29. The summed E-state index contributed by atoms with van der Waals surface area (Å²) in [5.41, 5.74) is 0. The van der Waals surface area contributed by atoms with Crippen LogP contribution in [0.3, 0.4) is 0 Å². The van der Waals surface area contributed by atoms with E-state index in [1.54, 1.807) is 5.02 Å². The first kappa shape index (κ1) is 8.35. The molecular formula is C5H11IZn. The summed E-state index contributed by atoms with van der Waals surface area (Å²) in [6.07, 6.45) is 4.37. The third-order valence-electron chi connectivity index (χ3n) is 0.987. The molecule has 0 aromatic carbocycles. The Morgan fingerprint density at radius 3 is 2.57 bits per heavy atom. The minimum atomic E-state index is 0.0251. The average molecular weight is 263 g/mol. The van der Waals surface area contributed by atoms with Gasteiger partial charge in [0.05, 0.1) is 0 Å². The first-order chi connectivity index (χ1) is 3.41. The van der Waals surface area contributed by atoms with E-state index < -0.39 is 0 Å². The molecule has 0 nitrogen and oxygen atoms in total. The van der Waals surface area contributed by atoms with Gasteiger partial charge in [0.25, 0.3) is 0 Å². The van der Waals surface area contributed by atoms with Crippen molar-refractivity contribution in [2.75, 3.05) is 0 Å². The standard InChI is InChI=1S/C5H11.HI.Zn/c1-3-5-4-2;;/h1,3-5H2,2H3;1H;/q;;+1/p-1. The summed E-state index contributed by atoms with van der Waals surface area (Å²) in [6, 6.07) is 0. The van der Waals surface area contributed by atoms with Gasteiger partial charge < -0.3 is 0 Å². The van der Waals surface area contributed by atoms with Crippen molar-refractivity contribution >= 4 is 19.8 Å². The maximum atomic E-state index is 2.61. The van der Waals surface area contributed by atoms with Crippen molar-refractivity contribution in [2.45, 2.75) is 31.2 Å². The van der Waals surface area contributed by atoms with Gasteiger partial charge in [-0.1, -0.05) is 0 Å². The molecule has 0 spiro atoms. The van der Waals surface area contributed by atoms with Gasteiger partial charge in [0.2, 0.25) is 0 Å². The van der Waals surface area contributed by atoms with Gasteiger partial charge in [0, 0.05) is 0 Å². The van der Waals surface area contributed by atoms with Gasteiger partial charge in [-0.25, -0.2) is 0 Å². The predicted molar refractivity (Wildman–Crippen MR) is 38.4 cm³/mol. The van der Waals surface area contributed by atoms with Gasteiger partial charge in [-0.05, 0) is 0 Å². The molecule has 0 rings (SSSR count). The molecule has 0 bridgehead atoms.